The third-order valence-corrected chi connectivity index (χ3v) is 4.66. The zero-order valence-corrected chi connectivity index (χ0v) is 11.3. The first kappa shape index (κ1) is 13.9. The lowest BCUT2D eigenvalue weighted by Crippen LogP contribution is -2.44. The summed E-state index contributed by atoms with van der Waals surface area (Å²) in [7, 11) is -2.81. The molecule has 1 aliphatic heterocycles. The summed E-state index contributed by atoms with van der Waals surface area (Å²) < 4.78 is 28.1. The normalized spacial score (nSPS) is 28.8. The second-order valence-electron chi connectivity index (χ2n) is 5.30. The van der Waals surface area contributed by atoms with Gasteiger partial charge in [-0.1, -0.05) is 13.8 Å². The van der Waals surface area contributed by atoms with Crippen molar-refractivity contribution in [3.63, 3.8) is 0 Å². The highest BCUT2D eigenvalue weighted by Gasteiger charge is 2.37. The first-order chi connectivity index (χ1) is 7.33. The van der Waals surface area contributed by atoms with Gasteiger partial charge in [0.2, 0.25) is 0 Å². The van der Waals surface area contributed by atoms with Crippen LogP contribution in [0.5, 0.6) is 0 Å². The molecule has 16 heavy (non-hydrogen) atoms. The minimum Gasteiger partial charge on any atom is -0.380 e. The van der Waals surface area contributed by atoms with E-state index in [9.17, 15) is 8.42 Å². The van der Waals surface area contributed by atoms with Crippen molar-refractivity contribution < 1.29 is 13.2 Å². The van der Waals surface area contributed by atoms with Gasteiger partial charge in [0.15, 0.2) is 9.84 Å². The molecular weight excluding hydrogens is 226 g/mol. The molecule has 1 unspecified atom stereocenters. The van der Waals surface area contributed by atoms with Crippen molar-refractivity contribution in [2.24, 2.45) is 5.92 Å². The summed E-state index contributed by atoms with van der Waals surface area (Å²) in [5, 5.41) is 3.28. The van der Waals surface area contributed by atoms with Crippen LogP contribution in [0, 0.1) is 5.92 Å². The fourth-order valence-electron chi connectivity index (χ4n) is 1.89. The van der Waals surface area contributed by atoms with Gasteiger partial charge < -0.3 is 10.1 Å². The Labute approximate surface area is 98.7 Å². The Morgan fingerprint density at radius 1 is 1.44 bits per heavy atom. The van der Waals surface area contributed by atoms with E-state index in [1.54, 1.807) is 0 Å². The first-order valence-electron chi connectivity index (χ1n) is 5.86. The molecule has 0 aromatic heterocycles. The lowest BCUT2D eigenvalue weighted by molar-refractivity contribution is 0.107. The largest absolute Gasteiger partial charge is 0.380 e. The van der Waals surface area contributed by atoms with Gasteiger partial charge in [-0.15, -0.1) is 0 Å². The molecule has 1 aliphatic rings. The highest BCUT2D eigenvalue weighted by Crippen LogP contribution is 2.22. The molecule has 0 bridgehead atoms. The van der Waals surface area contributed by atoms with Crippen LogP contribution in [0.2, 0.25) is 0 Å². The molecule has 96 valence electrons. The number of rotatable bonds is 6. The summed E-state index contributed by atoms with van der Waals surface area (Å²) in [4.78, 5) is 0. The zero-order valence-electron chi connectivity index (χ0n) is 10.5. The van der Waals surface area contributed by atoms with Crippen LogP contribution in [0.3, 0.4) is 0 Å². The van der Waals surface area contributed by atoms with Crippen molar-refractivity contribution in [3.05, 3.63) is 0 Å². The minimum atomic E-state index is -2.81. The molecule has 1 N–H and O–H groups in total. The molecule has 0 spiro atoms. The summed E-state index contributed by atoms with van der Waals surface area (Å²) in [5.74, 6) is 1.11. The van der Waals surface area contributed by atoms with E-state index >= 15 is 0 Å². The van der Waals surface area contributed by atoms with Gasteiger partial charge in [-0.3, -0.25) is 0 Å². The van der Waals surface area contributed by atoms with E-state index in [1.807, 2.05) is 6.92 Å². The molecule has 0 amide bonds. The van der Waals surface area contributed by atoms with Crippen LogP contribution in [-0.4, -0.2) is 45.2 Å². The molecule has 1 rings (SSSR count). The molecule has 0 aromatic rings. The van der Waals surface area contributed by atoms with Crippen LogP contribution in [-0.2, 0) is 14.6 Å². The summed E-state index contributed by atoms with van der Waals surface area (Å²) in [6, 6.07) is 0. The smallest absolute Gasteiger partial charge is 0.152 e. The zero-order chi connectivity index (χ0) is 12.2. The Hall–Kier alpha value is -0.130. The van der Waals surface area contributed by atoms with E-state index in [-0.39, 0.29) is 11.3 Å². The summed E-state index contributed by atoms with van der Waals surface area (Å²) in [5.41, 5.74) is -0.250. The Balaban J connectivity index is 2.18. The fourth-order valence-corrected chi connectivity index (χ4v) is 4.02. The molecule has 1 saturated heterocycles. The summed E-state index contributed by atoms with van der Waals surface area (Å²) in [6.07, 6.45) is 0.708. The van der Waals surface area contributed by atoms with Crippen LogP contribution in [0.15, 0.2) is 0 Å². The maximum absolute atomic E-state index is 11.4. The molecule has 0 aromatic carbocycles. The quantitative estimate of drug-likeness (QED) is 0.708. The van der Waals surface area contributed by atoms with Gasteiger partial charge in [-0.25, -0.2) is 8.42 Å². The van der Waals surface area contributed by atoms with Crippen LogP contribution >= 0.6 is 0 Å². The van der Waals surface area contributed by atoms with Crippen molar-refractivity contribution in [2.75, 3.05) is 31.3 Å². The van der Waals surface area contributed by atoms with Crippen LogP contribution in [0.4, 0.5) is 0 Å². The summed E-state index contributed by atoms with van der Waals surface area (Å²) in [6.45, 7) is 8.32. The Morgan fingerprint density at radius 3 is 2.62 bits per heavy atom. The highest BCUT2D eigenvalue weighted by molar-refractivity contribution is 7.91. The molecule has 1 atom stereocenters. The van der Waals surface area contributed by atoms with Gasteiger partial charge in [0.25, 0.3) is 0 Å². The number of ether oxygens (including phenoxy) is 1. The standard InChI is InChI=1S/C11H23NO3S/c1-10(2)8-15-6-5-12-11(3)4-7-16(13,14)9-11/h10,12H,4-9H2,1-3H3. The Morgan fingerprint density at radius 2 is 2.12 bits per heavy atom. The van der Waals surface area contributed by atoms with Gasteiger partial charge in [0, 0.05) is 18.7 Å². The Kier molecular flexibility index (Phi) is 4.76. The first-order valence-corrected chi connectivity index (χ1v) is 7.68. The third-order valence-electron chi connectivity index (χ3n) is 2.75. The molecular formula is C11H23NO3S. The molecule has 0 saturated carbocycles. The van der Waals surface area contributed by atoms with Crippen molar-refractivity contribution in [3.8, 4) is 0 Å². The van der Waals surface area contributed by atoms with Gasteiger partial charge in [0.05, 0.1) is 18.1 Å². The van der Waals surface area contributed by atoms with Crippen LogP contribution in [0.1, 0.15) is 27.2 Å². The minimum absolute atomic E-state index is 0.250. The van der Waals surface area contributed by atoms with E-state index in [0.717, 1.165) is 13.2 Å². The summed E-state index contributed by atoms with van der Waals surface area (Å²) >= 11 is 0. The van der Waals surface area contributed by atoms with Crippen molar-refractivity contribution in [1.82, 2.24) is 5.32 Å². The highest BCUT2D eigenvalue weighted by atomic mass is 32.2. The number of nitrogens with one attached hydrogen (secondary N) is 1. The van der Waals surface area contributed by atoms with Crippen molar-refractivity contribution in [2.45, 2.75) is 32.7 Å². The molecule has 4 nitrogen and oxygen atoms in total. The van der Waals surface area contributed by atoms with Gasteiger partial charge >= 0.3 is 0 Å². The lowest BCUT2D eigenvalue weighted by atomic mass is 10.0. The fraction of sp³-hybridized carbons (Fsp3) is 1.00. The van der Waals surface area contributed by atoms with E-state index in [2.05, 4.69) is 19.2 Å². The number of sulfone groups is 1. The molecule has 1 fully saturated rings. The molecule has 1 heterocycles. The van der Waals surface area contributed by atoms with Crippen LogP contribution in [0.25, 0.3) is 0 Å². The topological polar surface area (TPSA) is 55.4 Å². The third kappa shape index (κ3) is 4.80. The van der Waals surface area contributed by atoms with Gasteiger partial charge in [-0.05, 0) is 19.3 Å². The van der Waals surface area contributed by atoms with Gasteiger partial charge in [0.1, 0.15) is 0 Å². The predicted molar refractivity (Wildman–Crippen MR) is 65.3 cm³/mol. The molecule has 5 heteroatoms. The van der Waals surface area contributed by atoms with Crippen LogP contribution < -0.4 is 5.32 Å². The second kappa shape index (κ2) is 5.47. The van der Waals surface area contributed by atoms with E-state index in [4.69, 9.17) is 4.74 Å². The average Bonchev–Trinajstić information content (AvgIpc) is 2.40. The maximum Gasteiger partial charge on any atom is 0.152 e. The SMILES string of the molecule is CC(C)COCCNC1(C)CCS(=O)(=O)C1. The monoisotopic (exact) mass is 249 g/mol. The average molecular weight is 249 g/mol. The maximum atomic E-state index is 11.4. The molecule has 0 radical (unpaired) electrons. The van der Waals surface area contributed by atoms with E-state index < -0.39 is 9.84 Å². The molecule has 0 aliphatic carbocycles. The van der Waals surface area contributed by atoms with E-state index in [0.29, 0.717) is 24.7 Å². The van der Waals surface area contributed by atoms with Crippen molar-refractivity contribution in [1.29, 1.82) is 0 Å². The van der Waals surface area contributed by atoms with Gasteiger partial charge in [-0.2, -0.15) is 0 Å². The van der Waals surface area contributed by atoms with Crippen molar-refractivity contribution >= 4 is 9.84 Å². The van der Waals surface area contributed by atoms with E-state index in [1.165, 1.54) is 0 Å². The number of hydrogen-bond acceptors (Lipinski definition) is 4. The second-order valence-corrected chi connectivity index (χ2v) is 7.48. The Bertz CT molecular complexity index is 313. The predicted octanol–water partition coefficient (Wildman–Crippen LogP) is 0.826. The lowest BCUT2D eigenvalue weighted by Gasteiger charge is -2.23. The number of hydrogen-bond donors (Lipinski definition) is 1.